The number of hydrogen-bond donors (Lipinski definition) is 3. The van der Waals surface area contributed by atoms with E-state index in [9.17, 15) is 0 Å². The summed E-state index contributed by atoms with van der Waals surface area (Å²) >= 11 is 3.20. The maximum absolute atomic E-state index is 9.04. The van der Waals surface area contributed by atoms with Crippen LogP contribution < -0.4 is 5.32 Å². The summed E-state index contributed by atoms with van der Waals surface area (Å²) in [6.07, 6.45) is 1.39. The topological polar surface area (TPSA) is 78.3 Å². The molecule has 1 heterocycles. The molecule has 0 aliphatic carbocycles. The largest absolute Gasteiger partial charge is 0.394 e. The predicted octanol–water partition coefficient (Wildman–Crippen LogP) is 0.394. The Hall–Kier alpha value is -0.720. The Bertz CT molecular complexity index is 304. The van der Waals surface area contributed by atoms with Gasteiger partial charge in [0.2, 0.25) is 0 Å². The van der Waals surface area contributed by atoms with Crippen LogP contribution in [0.4, 0.5) is 5.82 Å². The first-order valence-corrected chi connectivity index (χ1v) is 4.86. The van der Waals surface area contributed by atoms with Crippen molar-refractivity contribution in [1.82, 2.24) is 9.97 Å². The summed E-state index contributed by atoms with van der Waals surface area (Å²) in [6, 6.07) is 1.67. The highest BCUT2D eigenvalue weighted by molar-refractivity contribution is 9.10. The van der Waals surface area contributed by atoms with E-state index in [0.717, 1.165) is 0 Å². The van der Waals surface area contributed by atoms with Gasteiger partial charge in [0.05, 0.1) is 18.8 Å². The third-order valence-corrected chi connectivity index (χ3v) is 2.20. The van der Waals surface area contributed by atoms with Gasteiger partial charge in [0.1, 0.15) is 16.7 Å². The van der Waals surface area contributed by atoms with Gasteiger partial charge in [-0.25, -0.2) is 9.97 Å². The predicted molar refractivity (Wildman–Crippen MR) is 55.9 cm³/mol. The van der Waals surface area contributed by atoms with E-state index in [1.54, 1.807) is 13.0 Å². The third kappa shape index (κ3) is 2.90. The van der Waals surface area contributed by atoms with Crippen LogP contribution in [0.3, 0.4) is 0 Å². The molecule has 14 heavy (non-hydrogen) atoms. The normalized spacial score (nSPS) is 11.4. The molecule has 0 amide bonds. The summed E-state index contributed by atoms with van der Waals surface area (Å²) in [5.41, 5.74) is -0.770. The molecule has 0 aliphatic rings. The first kappa shape index (κ1) is 11.4. The fourth-order valence-corrected chi connectivity index (χ4v) is 1.15. The van der Waals surface area contributed by atoms with Crippen LogP contribution >= 0.6 is 15.9 Å². The number of aliphatic hydroxyl groups excluding tert-OH is 2. The van der Waals surface area contributed by atoms with Crippen LogP contribution in [0.5, 0.6) is 0 Å². The molecule has 3 N–H and O–H groups in total. The fraction of sp³-hybridized carbons (Fsp3) is 0.500. The first-order chi connectivity index (χ1) is 6.59. The van der Waals surface area contributed by atoms with Gasteiger partial charge < -0.3 is 15.5 Å². The number of aromatic nitrogens is 2. The van der Waals surface area contributed by atoms with Crippen LogP contribution in [0.1, 0.15) is 6.92 Å². The second-order valence-electron chi connectivity index (χ2n) is 3.23. The molecule has 78 valence electrons. The average molecular weight is 262 g/mol. The van der Waals surface area contributed by atoms with E-state index in [4.69, 9.17) is 10.2 Å². The molecule has 0 aromatic carbocycles. The quantitative estimate of drug-likeness (QED) is 0.684. The van der Waals surface area contributed by atoms with Crippen LogP contribution in [0.15, 0.2) is 17.0 Å². The van der Waals surface area contributed by atoms with Crippen molar-refractivity contribution in [1.29, 1.82) is 0 Å². The van der Waals surface area contributed by atoms with E-state index in [1.807, 2.05) is 0 Å². The minimum atomic E-state index is -0.770. The van der Waals surface area contributed by atoms with Gasteiger partial charge in [-0.15, -0.1) is 0 Å². The number of nitrogens with zero attached hydrogens (tertiary/aromatic N) is 2. The Morgan fingerprint density at radius 1 is 1.43 bits per heavy atom. The summed E-state index contributed by atoms with van der Waals surface area (Å²) in [4.78, 5) is 7.81. The van der Waals surface area contributed by atoms with E-state index >= 15 is 0 Å². The lowest BCUT2D eigenvalue weighted by molar-refractivity contribution is 0.147. The standard InChI is InChI=1S/C8H12BrN3O2/c1-8(3-13,4-14)12-7-2-6(9)10-5-11-7/h2,5,13-14H,3-4H2,1H3,(H,10,11,12). The monoisotopic (exact) mass is 261 g/mol. The zero-order valence-corrected chi connectivity index (χ0v) is 9.32. The van der Waals surface area contributed by atoms with Gasteiger partial charge in [0.25, 0.3) is 0 Å². The van der Waals surface area contributed by atoms with Gasteiger partial charge in [-0.1, -0.05) is 0 Å². The van der Waals surface area contributed by atoms with E-state index in [0.29, 0.717) is 10.4 Å². The van der Waals surface area contributed by atoms with Crippen molar-refractivity contribution >= 4 is 21.7 Å². The highest BCUT2D eigenvalue weighted by Gasteiger charge is 2.22. The summed E-state index contributed by atoms with van der Waals surface area (Å²) < 4.78 is 0.647. The molecule has 0 saturated carbocycles. The van der Waals surface area contributed by atoms with Gasteiger partial charge in [-0.05, 0) is 22.9 Å². The van der Waals surface area contributed by atoms with E-state index in [1.165, 1.54) is 6.33 Å². The summed E-state index contributed by atoms with van der Waals surface area (Å²) in [5, 5.41) is 21.0. The Labute approximate surface area is 90.3 Å². The van der Waals surface area contributed by atoms with Crippen molar-refractivity contribution in [3.8, 4) is 0 Å². The third-order valence-electron chi connectivity index (χ3n) is 1.76. The SMILES string of the molecule is CC(CO)(CO)Nc1cc(Br)ncn1. The van der Waals surface area contributed by atoms with Gasteiger partial charge in [-0.3, -0.25) is 0 Å². The molecule has 0 saturated heterocycles. The Balaban J connectivity index is 2.77. The second kappa shape index (κ2) is 4.68. The van der Waals surface area contributed by atoms with Crippen LogP contribution in [0.2, 0.25) is 0 Å². The zero-order chi connectivity index (χ0) is 10.6. The molecule has 0 spiro atoms. The maximum atomic E-state index is 9.04. The fourth-order valence-electron chi connectivity index (χ4n) is 0.840. The van der Waals surface area contributed by atoms with Gasteiger partial charge in [0, 0.05) is 6.07 Å². The van der Waals surface area contributed by atoms with Crippen molar-refractivity contribution in [3.63, 3.8) is 0 Å². The van der Waals surface area contributed by atoms with Crippen molar-refractivity contribution in [2.45, 2.75) is 12.5 Å². The second-order valence-corrected chi connectivity index (χ2v) is 4.04. The molecule has 0 atom stereocenters. The first-order valence-electron chi connectivity index (χ1n) is 4.07. The van der Waals surface area contributed by atoms with Crippen molar-refractivity contribution in [3.05, 3.63) is 17.0 Å². The molecular formula is C8H12BrN3O2. The lowest BCUT2D eigenvalue weighted by atomic mass is 10.1. The van der Waals surface area contributed by atoms with Crippen LogP contribution in [-0.2, 0) is 0 Å². The highest BCUT2D eigenvalue weighted by Crippen LogP contribution is 2.14. The number of hydrogen-bond acceptors (Lipinski definition) is 5. The number of rotatable bonds is 4. The van der Waals surface area contributed by atoms with Crippen LogP contribution in [-0.4, -0.2) is 38.9 Å². The van der Waals surface area contributed by atoms with E-state index in [2.05, 4.69) is 31.2 Å². The Morgan fingerprint density at radius 3 is 2.57 bits per heavy atom. The highest BCUT2D eigenvalue weighted by atomic mass is 79.9. The molecule has 0 fully saturated rings. The van der Waals surface area contributed by atoms with Gasteiger partial charge in [-0.2, -0.15) is 0 Å². The van der Waals surface area contributed by atoms with Crippen molar-refractivity contribution in [2.24, 2.45) is 0 Å². The van der Waals surface area contributed by atoms with Crippen LogP contribution in [0, 0.1) is 0 Å². The molecule has 0 aliphatic heterocycles. The molecule has 1 aromatic rings. The number of anilines is 1. The molecule has 0 unspecified atom stereocenters. The molecule has 1 rings (SSSR count). The summed E-state index contributed by atoms with van der Waals surface area (Å²) in [5.74, 6) is 0.553. The number of halogens is 1. The number of aliphatic hydroxyl groups is 2. The smallest absolute Gasteiger partial charge is 0.131 e. The van der Waals surface area contributed by atoms with E-state index in [-0.39, 0.29) is 13.2 Å². The van der Waals surface area contributed by atoms with Gasteiger partial charge in [0.15, 0.2) is 0 Å². The molecular weight excluding hydrogens is 250 g/mol. The molecule has 1 aromatic heterocycles. The Kier molecular flexibility index (Phi) is 3.79. The molecule has 0 radical (unpaired) electrons. The summed E-state index contributed by atoms with van der Waals surface area (Å²) in [6.45, 7) is 1.35. The zero-order valence-electron chi connectivity index (χ0n) is 7.74. The molecule has 0 bridgehead atoms. The van der Waals surface area contributed by atoms with Crippen molar-refractivity contribution < 1.29 is 10.2 Å². The lowest BCUT2D eigenvalue weighted by Crippen LogP contribution is -2.42. The van der Waals surface area contributed by atoms with E-state index < -0.39 is 5.54 Å². The van der Waals surface area contributed by atoms with Gasteiger partial charge >= 0.3 is 0 Å². The molecule has 6 heteroatoms. The van der Waals surface area contributed by atoms with Crippen LogP contribution in [0.25, 0.3) is 0 Å². The average Bonchev–Trinajstić information content (AvgIpc) is 2.18. The molecule has 5 nitrogen and oxygen atoms in total. The Morgan fingerprint density at radius 2 is 2.07 bits per heavy atom. The summed E-state index contributed by atoms with van der Waals surface area (Å²) in [7, 11) is 0. The maximum Gasteiger partial charge on any atom is 0.131 e. The minimum absolute atomic E-state index is 0.175. The number of nitrogens with one attached hydrogen (secondary N) is 1. The van der Waals surface area contributed by atoms with Crippen molar-refractivity contribution in [2.75, 3.05) is 18.5 Å². The minimum Gasteiger partial charge on any atom is -0.394 e. The lowest BCUT2D eigenvalue weighted by Gasteiger charge is -2.26.